The molecule has 0 amide bonds. The Morgan fingerprint density at radius 1 is 1.30 bits per heavy atom. The number of anilines is 2. The Morgan fingerprint density at radius 2 is 2.10 bits per heavy atom. The van der Waals surface area contributed by atoms with Gasteiger partial charge in [0.1, 0.15) is 17.5 Å². The summed E-state index contributed by atoms with van der Waals surface area (Å²) in [6, 6.07) is 0.625. The van der Waals surface area contributed by atoms with Crippen LogP contribution in [0.3, 0.4) is 0 Å². The van der Waals surface area contributed by atoms with Crippen LogP contribution in [0, 0.1) is 6.92 Å². The molecule has 5 heteroatoms. The van der Waals surface area contributed by atoms with E-state index < -0.39 is 0 Å². The number of nitrogens with two attached hydrogens (primary N) is 1. The van der Waals surface area contributed by atoms with Gasteiger partial charge in [0.15, 0.2) is 0 Å². The van der Waals surface area contributed by atoms with Crippen LogP contribution < -0.4 is 11.1 Å². The molecular formula is C15H25N5. The SMILES string of the molecule is CCN1CCCC1CNc1nc(C2CC2)nc(N)c1C. The third kappa shape index (κ3) is 2.73. The lowest BCUT2D eigenvalue weighted by Gasteiger charge is -2.23. The van der Waals surface area contributed by atoms with Gasteiger partial charge in [0, 0.05) is 24.1 Å². The van der Waals surface area contributed by atoms with E-state index in [2.05, 4.69) is 27.1 Å². The van der Waals surface area contributed by atoms with E-state index in [4.69, 9.17) is 5.73 Å². The van der Waals surface area contributed by atoms with Crippen molar-refractivity contribution in [1.82, 2.24) is 14.9 Å². The van der Waals surface area contributed by atoms with E-state index in [0.29, 0.717) is 17.8 Å². The summed E-state index contributed by atoms with van der Waals surface area (Å²) in [7, 11) is 0. The van der Waals surface area contributed by atoms with Gasteiger partial charge in [0.2, 0.25) is 0 Å². The number of nitrogen functional groups attached to an aromatic ring is 1. The van der Waals surface area contributed by atoms with Gasteiger partial charge in [-0.25, -0.2) is 9.97 Å². The summed E-state index contributed by atoms with van der Waals surface area (Å²) in [5, 5.41) is 3.51. The van der Waals surface area contributed by atoms with Gasteiger partial charge < -0.3 is 11.1 Å². The number of hydrogen-bond donors (Lipinski definition) is 2. The summed E-state index contributed by atoms with van der Waals surface area (Å²) < 4.78 is 0. The molecule has 0 spiro atoms. The zero-order valence-corrected chi connectivity index (χ0v) is 12.5. The first-order chi connectivity index (χ1) is 9.69. The molecule has 0 radical (unpaired) electrons. The van der Waals surface area contributed by atoms with E-state index in [1.54, 1.807) is 0 Å². The van der Waals surface area contributed by atoms with Gasteiger partial charge in [-0.3, -0.25) is 4.90 Å². The Balaban J connectivity index is 1.70. The summed E-state index contributed by atoms with van der Waals surface area (Å²) in [5.41, 5.74) is 7.00. The van der Waals surface area contributed by atoms with Gasteiger partial charge in [-0.2, -0.15) is 0 Å². The predicted molar refractivity (Wildman–Crippen MR) is 81.9 cm³/mol. The predicted octanol–water partition coefficient (Wildman–Crippen LogP) is 2.14. The number of aromatic nitrogens is 2. The molecule has 1 atom stereocenters. The van der Waals surface area contributed by atoms with E-state index in [-0.39, 0.29) is 0 Å². The molecule has 1 aliphatic heterocycles. The summed E-state index contributed by atoms with van der Waals surface area (Å²) in [6.07, 6.45) is 4.98. The molecular weight excluding hydrogens is 250 g/mol. The smallest absolute Gasteiger partial charge is 0.136 e. The van der Waals surface area contributed by atoms with Crippen LogP contribution in [0.2, 0.25) is 0 Å². The van der Waals surface area contributed by atoms with Gasteiger partial charge >= 0.3 is 0 Å². The molecule has 2 aliphatic rings. The van der Waals surface area contributed by atoms with Crippen molar-refractivity contribution in [2.24, 2.45) is 0 Å². The first-order valence-corrected chi connectivity index (χ1v) is 7.81. The standard InChI is InChI=1S/C15H25N5/c1-3-20-8-4-5-12(20)9-17-14-10(2)13(16)18-15(19-14)11-6-7-11/h11-12H,3-9H2,1-2H3,(H3,16,17,18,19). The van der Waals surface area contributed by atoms with Crippen molar-refractivity contribution in [1.29, 1.82) is 0 Å². The van der Waals surface area contributed by atoms with Crippen LogP contribution in [0.5, 0.6) is 0 Å². The normalized spacial score (nSPS) is 23.2. The van der Waals surface area contributed by atoms with Crippen molar-refractivity contribution in [3.05, 3.63) is 11.4 Å². The first-order valence-electron chi connectivity index (χ1n) is 7.81. The zero-order chi connectivity index (χ0) is 14.1. The fourth-order valence-electron chi connectivity index (χ4n) is 3.01. The zero-order valence-electron chi connectivity index (χ0n) is 12.5. The fraction of sp³-hybridized carbons (Fsp3) is 0.733. The van der Waals surface area contributed by atoms with Crippen molar-refractivity contribution in [3.8, 4) is 0 Å². The number of likely N-dealkylation sites (N-methyl/N-ethyl adjacent to an activating group) is 1. The molecule has 110 valence electrons. The summed E-state index contributed by atoms with van der Waals surface area (Å²) >= 11 is 0. The molecule has 2 heterocycles. The van der Waals surface area contributed by atoms with E-state index in [1.807, 2.05) is 6.92 Å². The fourth-order valence-corrected chi connectivity index (χ4v) is 3.01. The molecule has 1 aliphatic carbocycles. The minimum Gasteiger partial charge on any atom is -0.383 e. The Morgan fingerprint density at radius 3 is 2.80 bits per heavy atom. The topological polar surface area (TPSA) is 67.1 Å². The van der Waals surface area contributed by atoms with Crippen LogP contribution in [0.1, 0.15) is 49.9 Å². The Hall–Kier alpha value is -1.36. The quantitative estimate of drug-likeness (QED) is 0.862. The van der Waals surface area contributed by atoms with Crippen molar-refractivity contribution in [2.45, 2.75) is 51.5 Å². The molecule has 1 saturated heterocycles. The second-order valence-electron chi connectivity index (χ2n) is 6.02. The summed E-state index contributed by atoms with van der Waals surface area (Å²) in [6.45, 7) is 7.54. The Kier molecular flexibility index (Phi) is 3.78. The van der Waals surface area contributed by atoms with Crippen molar-refractivity contribution in [3.63, 3.8) is 0 Å². The van der Waals surface area contributed by atoms with E-state index in [9.17, 15) is 0 Å². The average Bonchev–Trinajstić information content (AvgIpc) is 3.19. The van der Waals surface area contributed by atoms with Crippen LogP contribution in [-0.2, 0) is 0 Å². The molecule has 0 aromatic carbocycles. The highest BCUT2D eigenvalue weighted by atomic mass is 15.2. The maximum Gasteiger partial charge on any atom is 0.136 e. The number of nitrogens with zero attached hydrogens (tertiary/aromatic N) is 3. The van der Waals surface area contributed by atoms with Crippen molar-refractivity contribution in [2.75, 3.05) is 30.7 Å². The van der Waals surface area contributed by atoms with Crippen molar-refractivity contribution >= 4 is 11.6 Å². The molecule has 1 unspecified atom stereocenters. The van der Waals surface area contributed by atoms with Gasteiger partial charge in [-0.15, -0.1) is 0 Å². The number of rotatable bonds is 5. The van der Waals surface area contributed by atoms with Gasteiger partial charge in [0.25, 0.3) is 0 Å². The highest BCUT2D eigenvalue weighted by Gasteiger charge is 2.28. The highest BCUT2D eigenvalue weighted by Crippen LogP contribution is 2.39. The molecule has 2 fully saturated rings. The second-order valence-corrected chi connectivity index (χ2v) is 6.02. The number of nitrogens with one attached hydrogen (secondary N) is 1. The monoisotopic (exact) mass is 275 g/mol. The van der Waals surface area contributed by atoms with Gasteiger partial charge in [-0.1, -0.05) is 6.92 Å². The van der Waals surface area contributed by atoms with E-state index in [1.165, 1.54) is 32.2 Å². The van der Waals surface area contributed by atoms with Gasteiger partial charge in [0.05, 0.1) is 0 Å². The van der Waals surface area contributed by atoms with Crippen molar-refractivity contribution < 1.29 is 0 Å². The maximum absolute atomic E-state index is 6.02. The largest absolute Gasteiger partial charge is 0.383 e. The lowest BCUT2D eigenvalue weighted by Crippen LogP contribution is -2.35. The number of hydrogen-bond acceptors (Lipinski definition) is 5. The molecule has 0 bridgehead atoms. The Labute approximate surface area is 121 Å². The Bertz CT molecular complexity index is 483. The maximum atomic E-state index is 6.02. The summed E-state index contributed by atoms with van der Waals surface area (Å²) in [4.78, 5) is 11.6. The average molecular weight is 275 g/mol. The van der Waals surface area contributed by atoms with Crippen LogP contribution in [-0.4, -0.2) is 40.5 Å². The minimum atomic E-state index is 0.539. The lowest BCUT2D eigenvalue weighted by molar-refractivity contribution is 0.277. The molecule has 3 N–H and O–H groups in total. The highest BCUT2D eigenvalue weighted by molar-refractivity contribution is 5.55. The molecule has 5 nitrogen and oxygen atoms in total. The second kappa shape index (κ2) is 5.56. The van der Waals surface area contributed by atoms with Crippen LogP contribution in [0.4, 0.5) is 11.6 Å². The van der Waals surface area contributed by atoms with Crippen LogP contribution in [0.15, 0.2) is 0 Å². The minimum absolute atomic E-state index is 0.539. The number of likely N-dealkylation sites (tertiary alicyclic amines) is 1. The molecule has 1 aromatic rings. The third-order valence-corrected chi connectivity index (χ3v) is 4.55. The van der Waals surface area contributed by atoms with Crippen LogP contribution in [0.25, 0.3) is 0 Å². The molecule has 1 saturated carbocycles. The third-order valence-electron chi connectivity index (χ3n) is 4.55. The van der Waals surface area contributed by atoms with Gasteiger partial charge in [-0.05, 0) is 45.7 Å². The van der Waals surface area contributed by atoms with E-state index >= 15 is 0 Å². The van der Waals surface area contributed by atoms with E-state index in [0.717, 1.165) is 30.3 Å². The molecule has 1 aromatic heterocycles. The van der Waals surface area contributed by atoms with Crippen LogP contribution >= 0.6 is 0 Å². The summed E-state index contributed by atoms with van der Waals surface area (Å²) in [5.74, 6) is 3.02. The lowest BCUT2D eigenvalue weighted by atomic mass is 10.2. The molecule has 3 rings (SSSR count). The first kappa shape index (κ1) is 13.6. The molecule has 20 heavy (non-hydrogen) atoms.